The second kappa shape index (κ2) is 30.2. The minimum Gasteiger partial charge on any atom is -1.00 e. The molecule has 0 saturated carbocycles. The Kier molecular flexibility index (Phi) is 39.1. The molecule has 0 heterocycles. The minimum atomic E-state index is -2.50. The Balaban J connectivity index is -0.000000117. The van der Waals surface area contributed by atoms with Gasteiger partial charge in [-0.1, -0.05) is 0 Å². The lowest BCUT2D eigenvalue weighted by atomic mass is 10.0. The molecule has 14 heteroatoms. The van der Waals surface area contributed by atoms with Gasteiger partial charge in [-0.25, -0.2) is 0 Å². The Labute approximate surface area is 202 Å². The average molecular weight is 515 g/mol. The van der Waals surface area contributed by atoms with E-state index in [2.05, 4.69) is 22.9 Å². The largest absolute Gasteiger partial charge is 1.00 e. The quantitative estimate of drug-likeness (QED) is 0.0967. The third-order valence-corrected chi connectivity index (χ3v) is 3.98. The fourth-order valence-electron chi connectivity index (χ4n) is 2.07. The van der Waals surface area contributed by atoms with Gasteiger partial charge in [0, 0.05) is 0 Å². The molecule has 0 aliphatic carbocycles. The number of rotatable bonds is 15. The third kappa shape index (κ3) is 27.2. The van der Waals surface area contributed by atoms with Crippen LogP contribution in [0.5, 0.6) is 0 Å². The van der Waals surface area contributed by atoms with Gasteiger partial charge in [-0.2, -0.15) is 0 Å². The lowest BCUT2D eigenvalue weighted by molar-refractivity contribution is -0.371. The number of hydrogen-bond acceptors (Lipinski definition) is 8. The molecule has 0 aliphatic rings. The highest BCUT2D eigenvalue weighted by atomic mass is 35.5. The number of aliphatic hydroxyl groups is 4. The first-order chi connectivity index (χ1) is 14.1. The smallest absolute Gasteiger partial charge is 0.122 e. The van der Waals surface area contributed by atoms with Crippen molar-refractivity contribution in [3.8, 4) is 0 Å². The van der Waals surface area contributed by atoms with Gasteiger partial charge < -0.3 is 88.0 Å². The number of quaternary nitrogens is 4. The van der Waals surface area contributed by atoms with E-state index in [0.717, 1.165) is 26.2 Å². The Bertz CT molecular complexity index is 367. The van der Waals surface area contributed by atoms with Gasteiger partial charge in [-0.05, 0) is 51.4 Å². The molecule has 32 heavy (non-hydrogen) atoms. The van der Waals surface area contributed by atoms with Crippen LogP contribution in [0.25, 0.3) is 0 Å². The first kappa shape index (κ1) is 41.5. The number of carboxylic acids is 2. The SMILES string of the molecule is O=C([O-])[C@@H](O)[C@@H](O)[C@H](O)[C@@H](O)C(=O)[O-].[Cl-].[Cl-].[NH3+]CCCCCC[NH3+].[NH3+]CCCCCC[NH3+]. The predicted molar refractivity (Wildman–Crippen MR) is 102 cm³/mol. The second-order valence-corrected chi connectivity index (χ2v) is 6.75. The van der Waals surface area contributed by atoms with E-state index in [1.54, 1.807) is 0 Å². The number of halogens is 2. The predicted octanol–water partition coefficient (Wildman–Crippen LogP) is -14.0. The van der Waals surface area contributed by atoms with E-state index in [4.69, 9.17) is 20.4 Å². The molecule has 0 saturated heterocycles. The molecule has 16 N–H and O–H groups in total. The minimum absolute atomic E-state index is 0. The molecule has 12 nitrogen and oxygen atoms in total. The molecule has 0 unspecified atom stereocenters. The van der Waals surface area contributed by atoms with Gasteiger partial charge in [-0.15, -0.1) is 0 Å². The molecular formula is C18H44Cl2N4O8. The number of unbranched alkanes of at least 4 members (excludes halogenated alkanes) is 6. The number of carbonyl (C=O) groups excluding carboxylic acids is 2. The van der Waals surface area contributed by atoms with E-state index in [1.165, 1.54) is 51.4 Å². The lowest BCUT2D eigenvalue weighted by Crippen LogP contribution is -3.00. The van der Waals surface area contributed by atoms with Gasteiger partial charge in [0.1, 0.15) is 24.4 Å². The molecule has 0 aromatic carbocycles. The van der Waals surface area contributed by atoms with Crippen LogP contribution < -0.4 is 58.0 Å². The van der Waals surface area contributed by atoms with Crippen LogP contribution in [0.2, 0.25) is 0 Å². The van der Waals surface area contributed by atoms with Gasteiger partial charge in [-0.3, -0.25) is 0 Å². The van der Waals surface area contributed by atoms with Crippen molar-refractivity contribution in [3.05, 3.63) is 0 Å². The standard InChI is InChI=1S/2C6H16N2.C6H10O8.2ClH/c2*7-5-3-1-2-4-6-8;7-1(3(9)5(11)12)2(8)4(10)6(13)14;;/h2*1-8H2;1-4,7-10H,(H,11,12)(H,13,14);2*1H/t;;1-,2-,3-,4+;;/m..0../s1. The highest BCUT2D eigenvalue weighted by Gasteiger charge is 2.31. The highest BCUT2D eigenvalue weighted by Crippen LogP contribution is 2.04. The molecule has 0 radical (unpaired) electrons. The average Bonchev–Trinajstić information content (AvgIpc) is 2.73. The van der Waals surface area contributed by atoms with Crippen molar-refractivity contribution < 1.29 is 88.0 Å². The Morgan fingerprint density at radius 2 is 0.719 bits per heavy atom. The molecule has 0 spiro atoms. The molecule has 0 aromatic rings. The van der Waals surface area contributed by atoms with Crippen molar-refractivity contribution in [2.75, 3.05) is 26.2 Å². The van der Waals surface area contributed by atoms with Gasteiger partial charge in [0.25, 0.3) is 0 Å². The van der Waals surface area contributed by atoms with Gasteiger partial charge >= 0.3 is 0 Å². The molecule has 4 atom stereocenters. The van der Waals surface area contributed by atoms with Crippen molar-refractivity contribution in [3.63, 3.8) is 0 Å². The first-order valence-electron chi connectivity index (χ1n) is 10.4. The highest BCUT2D eigenvalue weighted by molar-refractivity contribution is 5.72. The fourth-order valence-corrected chi connectivity index (χ4v) is 2.07. The number of hydrogen-bond donors (Lipinski definition) is 8. The summed E-state index contributed by atoms with van der Waals surface area (Å²) in [5.74, 6) is -4.22. The zero-order chi connectivity index (χ0) is 23.9. The van der Waals surface area contributed by atoms with Crippen LogP contribution >= 0.6 is 0 Å². The van der Waals surface area contributed by atoms with E-state index in [0.29, 0.717) is 0 Å². The Morgan fingerprint density at radius 1 is 0.531 bits per heavy atom. The molecule has 0 fully saturated rings. The normalized spacial score (nSPS) is 13.4. The number of aliphatic carboxylic acids is 2. The summed E-state index contributed by atoms with van der Waals surface area (Å²) >= 11 is 0. The summed E-state index contributed by atoms with van der Waals surface area (Å²) in [5.41, 5.74) is 15.1. The Morgan fingerprint density at radius 3 is 0.844 bits per heavy atom. The second-order valence-electron chi connectivity index (χ2n) is 6.75. The maximum Gasteiger partial charge on any atom is 0.122 e. The summed E-state index contributed by atoms with van der Waals surface area (Å²) in [4.78, 5) is 19.9. The van der Waals surface area contributed by atoms with Crippen molar-refractivity contribution in [1.82, 2.24) is 0 Å². The summed E-state index contributed by atoms with van der Waals surface area (Å²) in [6.07, 6.45) is 0.787. The maximum atomic E-state index is 9.96. The summed E-state index contributed by atoms with van der Waals surface area (Å²) in [6, 6.07) is 0. The van der Waals surface area contributed by atoms with Gasteiger partial charge in [0.05, 0.1) is 38.1 Å². The lowest BCUT2D eigenvalue weighted by Gasteiger charge is -2.27. The molecule has 0 aliphatic heterocycles. The van der Waals surface area contributed by atoms with E-state index in [9.17, 15) is 19.8 Å². The Hall–Kier alpha value is -0.800. The van der Waals surface area contributed by atoms with Crippen LogP contribution in [0.4, 0.5) is 0 Å². The van der Waals surface area contributed by atoms with Crippen molar-refractivity contribution in [2.45, 2.75) is 75.8 Å². The van der Waals surface area contributed by atoms with E-state index in [1.807, 2.05) is 0 Å². The van der Waals surface area contributed by atoms with E-state index in [-0.39, 0.29) is 24.8 Å². The summed E-state index contributed by atoms with van der Waals surface area (Å²) in [6.45, 7) is 4.38. The van der Waals surface area contributed by atoms with Gasteiger partial charge in [0.2, 0.25) is 0 Å². The summed E-state index contributed by atoms with van der Waals surface area (Å²) < 4.78 is 0. The molecule has 0 rings (SSSR count). The topological polar surface area (TPSA) is 272 Å². The van der Waals surface area contributed by atoms with Crippen LogP contribution in [-0.2, 0) is 9.59 Å². The molecular weight excluding hydrogens is 471 g/mol. The molecule has 0 bridgehead atoms. The van der Waals surface area contributed by atoms with Crippen LogP contribution in [0.15, 0.2) is 0 Å². The number of carbonyl (C=O) groups is 2. The maximum absolute atomic E-state index is 9.96. The van der Waals surface area contributed by atoms with E-state index < -0.39 is 36.4 Å². The molecule has 0 amide bonds. The van der Waals surface area contributed by atoms with E-state index >= 15 is 0 Å². The fraction of sp³-hybridized carbons (Fsp3) is 0.889. The number of carboxylic acid groups (broad SMARTS) is 2. The van der Waals surface area contributed by atoms with Crippen LogP contribution in [0.1, 0.15) is 51.4 Å². The summed E-state index contributed by atoms with van der Waals surface area (Å²) in [7, 11) is 0. The van der Waals surface area contributed by atoms with Crippen molar-refractivity contribution >= 4 is 11.9 Å². The number of aliphatic hydroxyl groups excluding tert-OH is 4. The van der Waals surface area contributed by atoms with Crippen LogP contribution in [-0.4, -0.2) is 83.0 Å². The molecule has 0 aromatic heterocycles. The van der Waals surface area contributed by atoms with Crippen molar-refractivity contribution in [1.29, 1.82) is 0 Å². The van der Waals surface area contributed by atoms with Crippen molar-refractivity contribution in [2.24, 2.45) is 0 Å². The zero-order valence-corrected chi connectivity index (χ0v) is 20.3. The first-order valence-corrected chi connectivity index (χ1v) is 10.4. The zero-order valence-electron chi connectivity index (χ0n) is 18.8. The third-order valence-electron chi connectivity index (χ3n) is 3.98. The van der Waals surface area contributed by atoms with Gasteiger partial charge in [0.15, 0.2) is 0 Å². The van der Waals surface area contributed by atoms with Crippen LogP contribution in [0, 0.1) is 0 Å². The summed E-state index contributed by atoms with van der Waals surface area (Å²) in [5, 5.41) is 54.7. The molecule has 198 valence electrons. The monoisotopic (exact) mass is 514 g/mol. The van der Waals surface area contributed by atoms with Crippen LogP contribution in [0.3, 0.4) is 0 Å².